The van der Waals surface area contributed by atoms with E-state index < -0.39 is 0 Å². The summed E-state index contributed by atoms with van der Waals surface area (Å²) >= 11 is 7.58. The summed E-state index contributed by atoms with van der Waals surface area (Å²) < 4.78 is 7.41. The summed E-state index contributed by atoms with van der Waals surface area (Å²) in [5.41, 5.74) is 0.648. The molecule has 0 radical (unpaired) electrons. The van der Waals surface area contributed by atoms with Crippen LogP contribution < -0.4 is 5.56 Å². The van der Waals surface area contributed by atoms with Gasteiger partial charge in [-0.25, -0.2) is 4.98 Å². The van der Waals surface area contributed by atoms with Crippen LogP contribution in [-0.4, -0.2) is 28.0 Å². The number of aromatic nitrogens is 2. The lowest BCUT2D eigenvalue weighted by molar-refractivity contribution is 0.0937. The maximum absolute atomic E-state index is 12.7. The van der Waals surface area contributed by atoms with Crippen molar-refractivity contribution in [3.8, 4) is 0 Å². The second kappa shape index (κ2) is 6.38. The Hall–Kier alpha value is -1.04. The van der Waals surface area contributed by atoms with Crippen LogP contribution in [0.1, 0.15) is 19.8 Å². The highest BCUT2D eigenvalue weighted by molar-refractivity contribution is 7.99. The summed E-state index contributed by atoms with van der Waals surface area (Å²) in [6.07, 6.45) is 2.18. The zero-order chi connectivity index (χ0) is 14.8. The highest BCUT2D eigenvalue weighted by Gasteiger charge is 2.20. The van der Waals surface area contributed by atoms with Crippen LogP contribution in [0, 0.1) is 0 Å². The van der Waals surface area contributed by atoms with Crippen LogP contribution in [0.5, 0.6) is 0 Å². The lowest BCUT2D eigenvalue weighted by Gasteiger charge is -2.16. The second-order valence-corrected chi connectivity index (χ2v) is 6.71. The first-order chi connectivity index (χ1) is 10.2. The maximum Gasteiger partial charge on any atom is 0.262 e. The van der Waals surface area contributed by atoms with Gasteiger partial charge in [0.25, 0.3) is 5.56 Å². The van der Waals surface area contributed by atoms with Gasteiger partial charge in [0.15, 0.2) is 5.16 Å². The lowest BCUT2D eigenvalue weighted by Crippen LogP contribution is -2.28. The fourth-order valence-corrected chi connectivity index (χ4v) is 3.47. The number of thioether (sulfide) groups is 1. The highest BCUT2D eigenvalue weighted by Crippen LogP contribution is 2.22. The van der Waals surface area contributed by atoms with Gasteiger partial charge in [0, 0.05) is 11.6 Å². The smallest absolute Gasteiger partial charge is 0.262 e. The number of hydrogen-bond donors (Lipinski definition) is 0. The first-order valence-electron chi connectivity index (χ1n) is 7.13. The molecule has 1 aromatic carbocycles. The van der Waals surface area contributed by atoms with E-state index in [2.05, 4.69) is 11.9 Å². The van der Waals surface area contributed by atoms with E-state index in [1.165, 1.54) is 0 Å². The molecule has 1 saturated heterocycles. The molecule has 6 heteroatoms. The normalized spacial score (nSPS) is 18.5. The predicted octanol–water partition coefficient (Wildman–Crippen LogP) is 3.34. The fourth-order valence-electron chi connectivity index (χ4n) is 2.57. The maximum atomic E-state index is 12.7. The van der Waals surface area contributed by atoms with E-state index in [0.717, 1.165) is 30.4 Å². The second-order valence-electron chi connectivity index (χ2n) is 5.04. The molecule has 1 unspecified atom stereocenters. The molecule has 0 amide bonds. The molecule has 2 heterocycles. The van der Waals surface area contributed by atoms with E-state index in [1.54, 1.807) is 34.5 Å². The molecular weight excluding hydrogens is 308 g/mol. The first kappa shape index (κ1) is 14.9. The molecular formula is C15H17ClN2O2S. The Bertz CT molecular complexity index is 711. The molecule has 1 atom stereocenters. The van der Waals surface area contributed by atoms with Crippen LogP contribution in [-0.2, 0) is 11.3 Å². The molecule has 0 bridgehead atoms. The molecule has 0 saturated carbocycles. The van der Waals surface area contributed by atoms with E-state index in [0.29, 0.717) is 22.5 Å². The van der Waals surface area contributed by atoms with Crippen molar-refractivity contribution in [2.45, 2.75) is 37.6 Å². The van der Waals surface area contributed by atoms with Crippen molar-refractivity contribution < 1.29 is 4.74 Å². The number of hydrogen-bond acceptors (Lipinski definition) is 4. The van der Waals surface area contributed by atoms with Gasteiger partial charge in [-0.05, 0) is 36.8 Å². The highest BCUT2D eigenvalue weighted by atomic mass is 35.5. The average molecular weight is 325 g/mol. The van der Waals surface area contributed by atoms with Gasteiger partial charge in [-0.15, -0.1) is 0 Å². The Kier molecular flexibility index (Phi) is 4.52. The summed E-state index contributed by atoms with van der Waals surface area (Å²) in [4.78, 5) is 17.3. The van der Waals surface area contributed by atoms with Crippen LogP contribution in [0.15, 0.2) is 28.2 Å². The van der Waals surface area contributed by atoms with Crippen LogP contribution in [0.3, 0.4) is 0 Å². The molecule has 1 aromatic heterocycles. The van der Waals surface area contributed by atoms with E-state index in [-0.39, 0.29) is 11.7 Å². The molecule has 112 valence electrons. The number of halogens is 1. The average Bonchev–Trinajstić information content (AvgIpc) is 2.96. The SMILES string of the molecule is CCSc1nc2cc(Cl)ccc2c(=O)n1CC1CCCO1. The van der Waals surface area contributed by atoms with Crippen molar-refractivity contribution in [2.75, 3.05) is 12.4 Å². The van der Waals surface area contributed by atoms with Crippen molar-refractivity contribution in [3.05, 3.63) is 33.6 Å². The minimum Gasteiger partial charge on any atom is -0.376 e. The molecule has 3 rings (SSSR count). The molecule has 1 aliphatic heterocycles. The minimum atomic E-state index is -0.0110. The third kappa shape index (κ3) is 3.10. The van der Waals surface area contributed by atoms with Gasteiger partial charge in [-0.3, -0.25) is 9.36 Å². The number of fused-ring (bicyclic) bond motifs is 1. The molecule has 2 aromatic rings. The van der Waals surface area contributed by atoms with Crippen LogP contribution in [0.25, 0.3) is 10.9 Å². The molecule has 4 nitrogen and oxygen atoms in total. The van der Waals surface area contributed by atoms with E-state index in [4.69, 9.17) is 16.3 Å². The van der Waals surface area contributed by atoms with Crippen molar-refractivity contribution in [2.24, 2.45) is 0 Å². The molecule has 0 spiro atoms. The standard InChI is InChI=1S/C15H17ClN2O2S/c1-2-21-15-17-13-8-10(16)5-6-12(13)14(19)18(15)9-11-4-3-7-20-11/h5-6,8,11H,2-4,7,9H2,1H3. The Labute approximate surface area is 132 Å². The zero-order valence-electron chi connectivity index (χ0n) is 11.8. The summed E-state index contributed by atoms with van der Waals surface area (Å²) in [7, 11) is 0. The molecule has 0 aliphatic carbocycles. The number of rotatable bonds is 4. The van der Waals surface area contributed by atoms with Gasteiger partial charge in [0.2, 0.25) is 0 Å². The van der Waals surface area contributed by atoms with Gasteiger partial charge >= 0.3 is 0 Å². The third-order valence-corrected chi connectivity index (χ3v) is 4.66. The Morgan fingerprint density at radius 2 is 2.38 bits per heavy atom. The van der Waals surface area contributed by atoms with Gasteiger partial charge in [0.05, 0.1) is 23.6 Å². The van der Waals surface area contributed by atoms with Crippen molar-refractivity contribution in [1.82, 2.24) is 9.55 Å². The lowest BCUT2D eigenvalue weighted by atomic mass is 10.2. The number of benzene rings is 1. The third-order valence-electron chi connectivity index (χ3n) is 3.57. The molecule has 1 aliphatic rings. The van der Waals surface area contributed by atoms with Gasteiger partial charge in [-0.2, -0.15) is 0 Å². The number of nitrogens with zero attached hydrogens (tertiary/aromatic N) is 2. The predicted molar refractivity (Wildman–Crippen MR) is 86.4 cm³/mol. The minimum absolute atomic E-state index is 0.0110. The van der Waals surface area contributed by atoms with Gasteiger partial charge in [0.1, 0.15) is 0 Å². The van der Waals surface area contributed by atoms with E-state index >= 15 is 0 Å². The Balaban J connectivity index is 2.10. The first-order valence-corrected chi connectivity index (χ1v) is 8.50. The molecule has 1 fully saturated rings. The Morgan fingerprint density at radius 1 is 1.52 bits per heavy atom. The van der Waals surface area contributed by atoms with Gasteiger partial charge in [-0.1, -0.05) is 30.3 Å². The van der Waals surface area contributed by atoms with Crippen molar-refractivity contribution >= 4 is 34.3 Å². The van der Waals surface area contributed by atoms with Crippen LogP contribution >= 0.6 is 23.4 Å². The fraction of sp³-hybridized carbons (Fsp3) is 0.467. The summed E-state index contributed by atoms with van der Waals surface area (Å²) in [6.45, 7) is 3.41. The van der Waals surface area contributed by atoms with Crippen LogP contribution in [0.4, 0.5) is 0 Å². The largest absolute Gasteiger partial charge is 0.376 e. The monoisotopic (exact) mass is 324 g/mol. The topological polar surface area (TPSA) is 44.1 Å². The summed E-state index contributed by atoms with van der Waals surface area (Å²) in [6, 6.07) is 5.23. The van der Waals surface area contributed by atoms with Crippen molar-refractivity contribution in [1.29, 1.82) is 0 Å². The Morgan fingerprint density at radius 3 is 3.10 bits per heavy atom. The van der Waals surface area contributed by atoms with Crippen molar-refractivity contribution in [3.63, 3.8) is 0 Å². The molecule has 21 heavy (non-hydrogen) atoms. The molecule has 0 N–H and O–H groups in total. The summed E-state index contributed by atoms with van der Waals surface area (Å²) in [5.74, 6) is 0.865. The number of ether oxygens (including phenoxy) is 1. The summed E-state index contributed by atoms with van der Waals surface area (Å²) in [5, 5.41) is 1.95. The van der Waals surface area contributed by atoms with Gasteiger partial charge < -0.3 is 4.74 Å². The van der Waals surface area contributed by atoms with E-state index in [9.17, 15) is 4.79 Å². The zero-order valence-corrected chi connectivity index (χ0v) is 13.4. The van der Waals surface area contributed by atoms with Crippen LogP contribution in [0.2, 0.25) is 5.02 Å². The van der Waals surface area contributed by atoms with E-state index in [1.807, 2.05) is 0 Å². The quantitative estimate of drug-likeness (QED) is 0.639.